The van der Waals surface area contributed by atoms with Gasteiger partial charge in [-0.15, -0.1) is 0 Å². The summed E-state index contributed by atoms with van der Waals surface area (Å²) in [6, 6.07) is 15.4. The van der Waals surface area contributed by atoms with Gasteiger partial charge in [-0.3, -0.25) is 9.59 Å². The minimum absolute atomic E-state index is 0.0155. The number of para-hydroxylation sites is 1. The lowest BCUT2D eigenvalue weighted by atomic mass is 9.77. The summed E-state index contributed by atoms with van der Waals surface area (Å²) >= 11 is 0. The van der Waals surface area contributed by atoms with Gasteiger partial charge in [0.25, 0.3) is 5.56 Å². The lowest BCUT2D eigenvalue weighted by Gasteiger charge is -2.35. The second kappa shape index (κ2) is 7.96. The Kier molecular flexibility index (Phi) is 5.20. The molecule has 0 aliphatic heterocycles. The number of anilines is 1. The lowest BCUT2D eigenvalue weighted by molar-refractivity contribution is -0.120. The molecule has 1 fully saturated rings. The summed E-state index contributed by atoms with van der Waals surface area (Å²) in [5.74, 6) is -0.384. The fourth-order valence-corrected chi connectivity index (χ4v) is 3.93. The molecule has 4 rings (SSSR count). The molecule has 0 radical (unpaired) electrons. The zero-order valence-corrected chi connectivity index (χ0v) is 16.3. The van der Waals surface area contributed by atoms with Crippen LogP contribution in [0.15, 0.2) is 66.0 Å². The van der Waals surface area contributed by atoms with Gasteiger partial charge in [0, 0.05) is 17.3 Å². The molecular weight excluding hydrogens is 381 g/mol. The molecule has 6 heteroatoms. The van der Waals surface area contributed by atoms with Crippen LogP contribution in [-0.2, 0) is 11.3 Å². The van der Waals surface area contributed by atoms with Crippen LogP contribution in [0.2, 0.25) is 0 Å². The minimum Gasteiger partial charge on any atom is -0.380 e. The fraction of sp³-hybridized carbons (Fsp3) is 0.208. The smallest absolute Gasteiger partial charge is 0.271 e. The van der Waals surface area contributed by atoms with Gasteiger partial charge in [0.15, 0.2) is 5.78 Å². The van der Waals surface area contributed by atoms with E-state index in [1.165, 1.54) is 22.8 Å². The molecular formula is C24H20FN3O2. The second-order valence-corrected chi connectivity index (χ2v) is 7.51. The molecule has 2 aromatic carbocycles. The van der Waals surface area contributed by atoms with Gasteiger partial charge in [0.05, 0.1) is 17.7 Å². The van der Waals surface area contributed by atoms with E-state index >= 15 is 0 Å². The first-order chi connectivity index (χ1) is 14.5. The van der Waals surface area contributed by atoms with Crippen molar-refractivity contribution >= 4 is 22.4 Å². The van der Waals surface area contributed by atoms with Crippen molar-refractivity contribution in [1.82, 2.24) is 4.57 Å². The van der Waals surface area contributed by atoms with Gasteiger partial charge in [-0.2, -0.15) is 5.26 Å². The number of pyridine rings is 1. The van der Waals surface area contributed by atoms with Crippen molar-refractivity contribution in [3.05, 3.63) is 88.5 Å². The number of fused-ring (bicyclic) bond motifs is 1. The molecule has 150 valence electrons. The molecule has 30 heavy (non-hydrogen) atoms. The van der Waals surface area contributed by atoms with E-state index in [2.05, 4.69) is 18.0 Å². The predicted molar refractivity (Wildman–Crippen MR) is 114 cm³/mol. The van der Waals surface area contributed by atoms with Crippen LogP contribution in [0.4, 0.5) is 10.1 Å². The fourth-order valence-electron chi connectivity index (χ4n) is 3.93. The first-order valence-electron chi connectivity index (χ1n) is 9.74. The highest BCUT2D eigenvalue weighted by molar-refractivity contribution is 5.95. The average Bonchev–Trinajstić information content (AvgIpc) is 2.73. The highest BCUT2D eigenvalue weighted by Gasteiger charge is 2.34. The van der Waals surface area contributed by atoms with Crippen molar-refractivity contribution in [3.63, 3.8) is 0 Å². The number of carbonyl (C=O) groups excluding carboxylic acids is 1. The van der Waals surface area contributed by atoms with Crippen LogP contribution in [-0.4, -0.2) is 16.4 Å². The maximum absolute atomic E-state index is 13.2. The molecule has 0 saturated heterocycles. The molecule has 1 aliphatic rings. The summed E-state index contributed by atoms with van der Waals surface area (Å²) in [5, 5.41) is 13.8. The van der Waals surface area contributed by atoms with Crippen LogP contribution in [0, 0.1) is 23.1 Å². The van der Waals surface area contributed by atoms with E-state index in [1.807, 2.05) is 24.3 Å². The number of nitrogens with one attached hydrogen (secondary N) is 1. The second-order valence-electron chi connectivity index (χ2n) is 7.51. The van der Waals surface area contributed by atoms with Crippen molar-refractivity contribution < 1.29 is 9.18 Å². The summed E-state index contributed by atoms with van der Waals surface area (Å²) < 4.78 is 14.8. The number of rotatable bonds is 6. The zero-order valence-electron chi connectivity index (χ0n) is 16.3. The van der Waals surface area contributed by atoms with Crippen LogP contribution < -0.4 is 10.9 Å². The Bertz CT molecular complexity index is 1230. The number of allylic oxidation sites excluding steroid dienone is 1. The molecule has 1 aromatic heterocycles. The standard InChI is InChI=1S/C24H20FN3O2/c1-2-22(29)16-11-18(12-16)27-23-19-5-3-4-6-21(19)28(24(30)20(23)13-26)14-15-7-9-17(25)10-8-15/h2-10,16,18,27H,1,11-12,14H2. The lowest BCUT2D eigenvalue weighted by Crippen LogP contribution is -2.40. The number of nitrogens with zero attached hydrogens (tertiary/aromatic N) is 2. The first kappa shape index (κ1) is 19.6. The SMILES string of the molecule is C=CC(=O)C1CC(Nc2c(C#N)c(=O)n(Cc3ccc(F)cc3)c3ccccc23)C1. The summed E-state index contributed by atoms with van der Waals surface area (Å²) in [6.07, 6.45) is 2.62. The van der Waals surface area contributed by atoms with E-state index in [1.54, 1.807) is 12.1 Å². The number of aromatic nitrogens is 1. The summed E-state index contributed by atoms with van der Waals surface area (Å²) in [6.45, 7) is 3.75. The molecule has 3 aromatic rings. The van der Waals surface area contributed by atoms with E-state index in [4.69, 9.17) is 0 Å². The Labute approximate surface area is 173 Å². The van der Waals surface area contributed by atoms with E-state index in [0.29, 0.717) is 24.0 Å². The van der Waals surface area contributed by atoms with Crippen LogP contribution >= 0.6 is 0 Å². The number of hydrogen-bond donors (Lipinski definition) is 1. The number of hydrogen-bond acceptors (Lipinski definition) is 4. The number of nitriles is 1. The molecule has 0 amide bonds. The normalized spacial score (nSPS) is 17.7. The average molecular weight is 401 g/mol. The molecule has 0 unspecified atom stereocenters. The zero-order chi connectivity index (χ0) is 21.3. The van der Waals surface area contributed by atoms with Crippen LogP contribution in [0.5, 0.6) is 0 Å². The maximum atomic E-state index is 13.2. The van der Waals surface area contributed by atoms with Gasteiger partial charge < -0.3 is 9.88 Å². The van der Waals surface area contributed by atoms with E-state index in [0.717, 1.165) is 10.9 Å². The molecule has 1 saturated carbocycles. The third-order valence-corrected chi connectivity index (χ3v) is 5.63. The van der Waals surface area contributed by atoms with Crippen molar-refractivity contribution in [1.29, 1.82) is 5.26 Å². The first-order valence-corrected chi connectivity index (χ1v) is 9.74. The molecule has 1 aliphatic carbocycles. The van der Waals surface area contributed by atoms with Gasteiger partial charge in [-0.05, 0) is 42.7 Å². The Morgan fingerprint density at radius 2 is 1.93 bits per heavy atom. The molecule has 0 atom stereocenters. The molecule has 0 spiro atoms. The topological polar surface area (TPSA) is 74.9 Å². The monoisotopic (exact) mass is 401 g/mol. The number of benzene rings is 2. The van der Waals surface area contributed by atoms with Crippen LogP contribution in [0.1, 0.15) is 24.0 Å². The molecule has 1 N–H and O–H groups in total. The Hall–Kier alpha value is -3.72. The van der Waals surface area contributed by atoms with Gasteiger partial charge in [-0.25, -0.2) is 4.39 Å². The largest absolute Gasteiger partial charge is 0.380 e. The van der Waals surface area contributed by atoms with Crippen LogP contribution in [0.3, 0.4) is 0 Å². The number of ketones is 1. The summed E-state index contributed by atoms with van der Waals surface area (Å²) in [7, 11) is 0. The maximum Gasteiger partial charge on any atom is 0.271 e. The van der Waals surface area contributed by atoms with E-state index < -0.39 is 5.56 Å². The minimum atomic E-state index is -0.402. The third-order valence-electron chi connectivity index (χ3n) is 5.63. The third kappa shape index (κ3) is 3.50. The number of halogens is 1. The van der Waals surface area contributed by atoms with Gasteiger partial charge in [0.2, 0.25) is 0 Å². The van der Waals surface area contributed by atoms with Gasteiger partial charge in [0.1, 0.15) is 17.4 Å². The summed E-state index contributed by atoms with van der Waals surface area (Å²) in [4.78, 5) is 24.9. The number of carbonyl (C=O) groups is 1. The van der Waals surface area contributed by atoms with Gasteiger partial charge in [-0.1, -0.05) is 36.9 Å². The molecule has 0 bridgehead atoms. The molecule has 5 nitrogen and oxygen atoms in total. The van der Waals surface area contributed by atoms with Crippen molar-refractivity contribution in [2.24, 2.45) is 5.92 Å². The summed E-state index contributed by atoms with van der Waals surface area (Å²) in [5.41, 5.74) is 1.59. The quantitative estimate of drug-likeness (QED) is 0.634. The van der Waals surface area contributed by atoms with Crippen molar-refractivity contribution in [2.45, 2.75) is 25.4 Å². The van der Waals surface area contributed by atoms with Crippen molar-refractivity contribution in [3.8, 4) is 6.07 Å². The highest BCUT2D eigenvalue weighted by atomic mass is 19.1. The highest BCUT2D eigenvalue weighted by Crippen LogP contribution is 2.34. The van der Waals surface area contributed by atoms with Gasteiger partial charge >= 0.3 is 0 Å². The Balaban J connectivity index is 1.75. The van der Waals surface area contributed by atoms with E-state index in [9.17, 15) is 19.2 Å². The Morgan fingerprint density at radius 1 is 1.23 bits per heavy atom. The predicted octanol–water partition coefficient (Wildman–Crippen LogP) is 4.01. The molecule has 1 heterocycles. The van der Waals surface area contributed by atoms with Crippen molar-refractivity contribution in [2.75, 3.05) is 5.32 Å². The Morgan fingerprint density at radius 3 is 2.60 bits per heavy atom. The van der Waals surface area contributed by atoms with E-state index in [-0.39, 0.29) is 35.7 Å². The van der Waals surface area contributed by atoms with Crippen LogP contribution in [0.25, 0.3) is 10.9 Å².